The number of fused-ring (bicyclic) bond motifs is 1. The Bertz CT molecular complexity index is 1220. The Kier molecular flexibility index (Phi) is 5.50. The van der Waals surface area contributed by atoms with Crippen LogP contribution in [0.3, 0.4) is 0 Å². The van der Waals surface area contributed by atoms with Crippen molar-refractivity contribution in [2.45, 2.75) is 24.6 Å². The van der Waals surface area contributed by atoms with E-state index in [1.54, 1.807) is 30.5 Å². The second-order valence-electron chi connectivity index (χ2n) is 7.51. The van der Waals surface area contributed by atoms with Crippen molar-refractivity contribution in [2.24, 2.45) is 16.6 Å². The number of rotatable bonds is 4. The van der Waals surface area contributed by atoms with Gasteiger partial charge in [-0.2, -0.15) is 5.26 Å². The zero-order chi connectivity index (χ0) is 22.2. The fourth-order valence-electron chi connectivity index (χ4n) is 3.82. The summed E-state index contributed by atoms with van der Waals surface area (Å²) in [5.74, 6) is -0.382. The fraction of sp³-hybridized carbons (Fsp3) is 0.273. The lowest BCUT2D eigenvalue weighted by atomic mass is 9.78. The number of halogens is 2. The van der Waals surface area contributed by atoms with Gasteiger partial charge in [0.2, 0.25) is 0 Å². The largest absolute Gasteiger partial charge is 0.379 e. The molecule has 3 atom stereocenters. The number of nitrogens with one attached hydrogen (secondary N) is 1. The molecular weight excluding hydrogens is 418 g/mol. The van der Waals surface area contributed by atoms with Crippen LogP contribution in [0.1, 0.15) is 25.0 Å². The Morgan fingerprint density at radius 2 is 2.06 bits per heavy atom. The number of alkyl halides is 1. The number of benzene rings is 1. The number of nitrogens with zero attached hydrogens (tertiary/aromatic N) is 4. The highest BCUT2D eigenvalue weighted by Crippen LogP contribution is 2.45. The number of aromatic nitrogens is 2. The Morgan fingerprint density at radius 3 is 2.81 bits per heavy atom. The molecule has 158 valence electrons. The summed E-state index contributed by atoms with van der Waals surface area (Å²) in [6.07, 6.45) is 3.05. The molecule has 0 fully saturated rings. The third-order valence-corrected chi connectivity index (χ3v) is 6.81. The van der Waals surface area contributed by atoms with Crippen molar-refractivity contribution in [3.63, 3.8) is 0 Å². The molecule has 1 aromatic carbocycles. The maximum Gasteiger partial charge on any atom is 0.156 e. The topological polar surface area (TPSA) is 100.0 Å². The van der Waals surface area contributed by atoms with E-state index in [2.05, 4.69) is 26.3 Å². The van der Waals surface area contributed by atoms with Gasteiger partial charge < -0.3 is 11.1 Å². The summed E-state index contributed by atoms with van der Waals surface area (Å²) in [5.41, 5.74) is 6.20. The first-order valence-corrected chi connectivity index (χ1v) is 10.6. The van der Waals surface area contributed by atoms with Crippen LogP contribution in [0.25, 0.3) is 10.9 Å². The lowest BCUT2D eigenvalue weighted by Crippen LogP contribution is -2.44. The second kappa shape index (κ2) is 8.12. The molecule has 0 radical (unpaired) electrons. The Morgan fingerprint density at radius 1 is 1.26 bits per heavy atom. The molecule has 0 bridgehead atoms. The number of hydrogen-bond donors (Lipinski definition) is 2. The molecule has 0 amide bonds. The summed E-state index contributed by atoms with van der Waals surface area (Å²) in [7, 11) is 0. The number of anilines is 2. The molecule has 2 aromatic heterocycles. The number of nitriles is 1. The summed E-state index contributed by atoms with van der Waals surface area (Å²) < 4.78 is 29.3. The zero-order valence-electron chi connectivity index (χ0n) is 16.9. The zero-order valence-corrected chi connectivity index (χ0v) is 17.8. The monoisotopic (exact) mass is 438 g/mol. The molecule has 1 aliphatic heterocycles. The van der Waals surface area contributed by atoms with Gasteiger partial charge in [0.05, 0.1) is 5.56 Å². The molecule has 6 nitrogen and oxygen atoms in total. The smallest absolute Gasteiger partial charge is 0.156 e. The predicted octanol–water partition coefficient (Wildman–Crippen LogP) is 4.64. The van der Waals surface area contributed by atoms with Gasteiger partial charge in [-0.15, -0.1) is 0 Å². The van der Waals surface area contributed by atoms with Crippen molar-refractivity contribution >= 4 is 39.3 Å². The van der Waals surface area contributed by atoms with Gasteiger partial charge in [-0.05, 0) is 30.3 Å². The molecular formula is C22H20F2N6S. The molecule has 0 aliphatic carbocycles. The summed E-state index contributed by atoms with van der Waals surface area (Å²) in [6, 6.07) is 9.90. The quantitative estimate of drug-likeness (QED) is 0.616. The van der Waals surface area contributed by atoms with Crippen LogP contribution in [0.2, 0.25) is 0 Å². The average molecular weight is 439 g/mol. The molecule has 0 saturated carbocycles. The summed E-state index contributed by atoms with van der Waals surface area (Å²) in [5, 5.41) is 13.2. The number of hydrogen-bond acceptors (Lipinski definition) is 7. The van der Waals surface area contributed by atoms with Gasteiger partial charge in [0.25, 0.3) is 0 Å². The van der Waals surface area contributed by atoms with E-state index in [4.69, 9.17) is 11.0 Å². The van der Waals surface area contributed by atoms with Crippen LogP contribution in [0.5, 0.6) is 0 Å². The summed E-state index contributed by atoms with van der Waals surface area (Å²) >= 11 is 1.36. The third-order valence-electron chi connectivity index (χ3n) is 5.70. The van der Waals surface area contributed by atoms with E-state index in [0.717, 1.165) is 5.39 Å². The van der Waals surface area contributed by atoms with E-state index in [1.165, 1.54) is 24.0 Å². The van der Waals surface area contributed by atoms with E-state index in [0.29, 0.717) is 22.6 Å². The first-order chi connectivity index (χ1) is 14.9. The highest BCUT2D eigenvalue weighted by Gasteiger charge is 2.46. The molecule has 1 aliphatic rings. The van der Waals surface area contributed by atoms with E-state index in [1.807, 2.05) is 13.8 Å². The molecule has 3 aromatic rings. The lowest BCUT2D eigenvalue weighted by molar-refractivity contribution is 0.217. The summed E-state index contributed by atoms with van der Waals surface area (Å²) in [6.45, 7) is 2.92. The van der Waals surface area contributed by atoms with Crippen molar-refractivity contribution in [3.8, 4) is 6.07 Å². The SMILES string of the molecule is CC1[C@H](C)SC(N)=N[C@]1(CF)c1cc(Nc2nccc3cc(C#N)cnc23)ccc1F. The highest BCUT2D eigenvalue weighted by atomic mass is 32.2. The van der Waals surface area contributed by atoms with Gasteiger partial charge in [0.15, 0.2) is 11.0 Å². The van der Waals surface area contributed by atoms with Crippen molar-refractivity contribution in [1.82, 2.24) is 9.97 Å². The van der Waals surface area contributed by atoms with Crippen LogP contribution >= 0.6 is 11.8 Å². The molecule has 0 spiro atoms. The van der Waals surface area contributed by atoms with Crippen LogP contribution < -0.4 is 11.1 Å². The van der Waals surface area contributed by atoms with Gasteiger partial charge in [0.1, 0.15) is 29.6 Å². The average Bonchev–Trinajstić information content (AvgIpc) is 2.77. The van der Waals surface area contributed by atoms with Crippen molar-refractivity contribution in [2.75, 3.05) is 12.0 Å². The minimum atomic E-state index is -1.40. The number of pyridine rings is 2. The van der Waals surface area contributed by atoms with Crippen LogP contribution in [0.15, 0.2) is 47.7 Å². The van der Waals surface area contributed by atoms with Gasteiger partial charge in [-0.25, -0.2) is 18.8 Å². The van der Waals surface area contributed by atoms with Crippen LogP contribution in [-0.4, -0.2) is 27.1 Å². The van der Waals surface area contributed by atoms with Crippen LogP contribution in [0, 0.1) is 23.1 Å². The van der Waals surface area contributed by atoms with E-state index < -0.39 is 18.0 Å². The minimum Gasteiger partial charge on any atom is -0.379 e. The molecule has 0 saturated heterocycles. The predicted molar refractivity (Wildman–Crippen MR) is 119 cm³/mol. The Hall–Kier alpha value is -3.25. The van der Waals surface area contributed by atoms with Gasteiger partial charge in [0, 0.05) is 40.2 Å². The fourth-order valence-corrected chi connectivity index (χ4v) is 4.84. The third kappa shape index (κ3) is 3.68. The normalized spacial score (nSPS) is 23.3. The molecule has 3 N–H and O–H groups in total. The molecule has 4 rings (SSSR count). The molecule has 1 unspecified atom stereocenters. The first kappa shape index (κ1) is 21.0. The van der Waals surface area contributed by atoms with Crippen molar-refractivity contribution < 1.29 is 8.78 Å². The number of aliphatic imine (C=N–C) groups is 1. The standard InChI is InChI=1S/C22H20F2N6S/c1-12-13(2)31-21(26)30-22(12,11-23)17-8-16(3-4-18(17)24)29-20-19-15(5-6-27-20)7-14(9-25)10-28-19/h3-8,10,12-13H,11H2,1-2H3,(H2,26,30)(H,27,29)/t12?,13-,22-/m0/s1. The van der Waals surface area contributed by atoms with Gasteiger partial charge in [-0.3, -0.25) is 4.98 Å². The van der Waals surface area contributed by atoms with Crippen molar-refractivity contribution in [3.05, 3.63) is 59.7 Å². The maximum atomic E-state index is 14.9. The Labute approximate surface area is 182 Å². The second-order valence-corrected chi connectivity index (χ2v) is 8.90. The van der Waals surface area contributed by atoms with E-state index in [-0.39, 0.29) is 21.9 Å². The number of thioether (sulfide) groups is 1. The Balaban J connectivity index is 1.78. The summed E-state index contributed by atoms with van der Waals surface area (Å²) in [4.78, 5) is 13.0. The number of amidine groups is 1. The van der Waals surface area contributed by atoms with Crippen LogP contribution in [-0.2, 0) is 5.54 Å². The van der Waals surface area contributed by atoms with Gasteiger partial charge in [-0.1, -0.05) is 25.6 Å². The van der Waals surface area contributed by atoms with E-state index in [9.17, 15) is 8.78 Å². The number of nitrogens with two attached hydrogens (primary N) is 1. The minimum absolute atomic E-state index is 0.0254. The molecule has 31 heavy (non-hydrogen) atoms. The van der Waals surface area contributed by atoms with Gasteiger partial charge >= 0.3 is 0 Å². The lowest BCUT2D eigenvalue weighted by Gasteiger charge is -2.40. The first-order valence-electron chi connectivity index (χ1n) is 9.68. The van der Waals surface area contributed by atoms with Crippen LogP contribution in [0.4, 0.5) is 20.3 Å². The van der Waals surface area contributed by atoms with E-state index >= 15 is 0 Å². The highest BCUT2D eigenvalue weighted by molar-refractivity contribution is 8.14. The maximum absolute atomic E-state index is 14.9. The van der Waals surface area contributed by atoms with Crippen molar-refractivity contribution in [1.29, 1.82) is 5.26 Å². The molecule has 9 heteroatoms. The molecule has 3 heterocycles.